The minimum absolute atomic E-state index is 0.781. The van der Waals surface area contributed by atoms with E-state index in [0.29, 0.717) is 0 Å². The van der Waals surface area contributed by atoms with Crippen molar-refractivity contribution in [3.05, 3.63) is 32.2 Å². The maximum Gasteiger partial charge on any atom is 0.135 e. The number of nitrogens with one attached hydrogen (secondary N) is 2. The smallest absolute Gasteiger partial charge is 0.135 e. The minimum Gasteiger partial charge on any atom is -0.373 e. The summed E-state index contributed by atoms with van der Waals surface area (Å²) >= 11 is 5.21. The molecule has 0 bridgehead atoms. The molecule has 108 valence electrons. The average molecular weight is 355 g/mol. The third-order valence-corrected chi connectivity index (χ3v) is 4.65. The zero-order chi connectivity index (χ0) is 14.5. The van der Waals surface area contributed by atoms with E-state index in [1.807, 2.05) is 14.0 Å². The van der Waals surface area contributed by atoms with Crippen LogP contribution in [0.1, 0.15) is 29.6 Å². The number of aryl methyl sites for hydroxylation is 1. The molecule has 0 spiro atoms. The molecule has 0 aromatic carbocycles. The van der Waals surface area contributed by atoms with E-state index in [1.165, 1.54) is 4.88 Å². The average Bonchev–Trinajstić information content (AvgIpc) is 2.85. The fraction of sp³-hybridized carbons (Fsp3) is 0.429. The molecular formula is C14H19BrN4S. The Balaban J connectivity index is 2.18. The topological polar surface area (TPSA) is 49.8 Å². The largest absolute Gasteiger partial charge is 0.373 e. The summed E-state index contributed by atoms with van der Waals surface area (Å²) in [6, 6.07) is 2.13. The number of aromatic nitrogens is 2. The molecule has 0 radical (unpaired) electrons. The Morgan fingerprint density at radius 3 is 2.65 bits per heavy atom. The number of hydrogen-bond donors (Lipinski definition) is 2. The molecule has 0 atom stereocenters. The van der Waals surface area contributed by atoms with Gasteiger partial charge in [0.1, 0.15) is 17.5 Å². The van der Waals surface area contributed by atoms with Gasteiger partial charge in [-0.25, -0.2) is 9.97 Å². The van der Waals surface area contributed by atoms with Crippen molar-refractivity contribution in [2.24, 2.45) is 0 Å². The Labute approximate surface area is 132 Å². The fourth-order valence-corrected chi connectivity index (χ4v) is 3.32. The van der Waals surface area contributed by atoms with E-state index >= 15 is 0 Å². The highest BCUT2D eigenvalue weighted by molar-refractivity contribution is 9.10. The predicted molar refractivity (Wildman–Crippen MR) is 89.7 cm³/mol. The van der Waals surface area contributed by atoms with Gasteiger partial charge in [0.2, 0.25) is 0 Å². The van der Waals surface area contributed by atoms with Gasteiger partial charge in [-0.3, -0.25) is 0 Å². The van der Waals surface area contributed by atoms with Gasteiger partial charge in [0.15, 0.2) is 0 Å². The SMILES string of the molecule is CCCc1nc(NC)c(C)c(NCc2cc(Br)cs2)n1. The van der Waals surface area contributed by atoms with Gasteiger partial charge in [-0.05, 0) is 35.3 Å². The summed E-state index contributed by atoms with van der Waals surface area (Å²) in [7, 11) is 1.89. The van der Waals surface area contributed by atoms with Gasteiger partial charge in [0, 0.05) is 33.8 Å². The molecule has 0 fully saturated rings. The van der Waals surface area contributed by atoms with E-state index in [2.05, 4.69) is 54.9 Å². The van der Waals surface area contributed by atoms with Crippen molar-refractivity contribution in [1.82, 2.24) is 9.97 Å². The maximum absolute atomic E-state index is 4.62. The van der Waals surface area contributed by atoms with Crippen molar-refractivity contribution < 1.29 is 0 Å². The quantitative estimate of drug-likeness (QED) is 0.815. The normalized spacial score (nSPS) is 10.6. The third-order valence-electron chi connectivity index (χ3n) is 2.95. The molecule has 0 aliphatic carbocycles. The summed E-state index contributed by atoms with van der Waals surface area (Å²) in [5.41, 5.74) is 1.06. The first-order chi connectivity index (χ1) is 9.63. The van der Waals surface area contributed by atoms with Crippen LogP contribution in [0.15, 0.2) is 15.9 Å². The van der Waals surface area contributed by atoms with Gasteiger partial charge in [-0.1, -0.05) is 6.92 Å². The monoisotopic (exact) mass is 354 g/mol. The van der Waals surface area contributed by atoms with Crippen LogP contribution < -0.4 is 10.6 Å². The molecule has 0 aliphatic heterocycles. The molecule has 0 saturated heterocycles. The summed E-state index contributed by atoms with van der Waals surface area (Å²) in [6.07, 6.45) is 1.94. The van der Waals surface area contributed by atoms with Crippen LogP contribution in [0.2, 0.25) is 0 Å². The van der Waals surface area contributed by atoms with E-state index in [9.17, 15) is 0 Å². The van der Waals surface area contributed by atoms with Crippen LogP contribution >= 0.6 is 27.3 Å². The molecule has 2 N–H and O–H groups in total. The maximum atomic E-state index is 4.62. The Morgan fingerprint density at radius 1 is 1.30 bits per heavy atom. The molecule has 6 heteroatoms. The zero-order valence-electron chi connectivity index (χ0n) is 12.0. The number of rotatable bonds is 6. The zero-order valence-corrected chi connectivity index (χ0v) is 14.4. The van der Waals surface area contributed by atoms with Crippen LogP contribution in [0.4, 0.5) is 11.6 Å². The van der Waals surface area contributed by atoms with Gasteiger partial charge in [0.25, 0.3) is 0 Å². The predicted octanol–water partition coefficient (Wildman–Crippen LogP) is 4.22. The highest BCUT2D eigenvalue weighted by Crippen LogP contribution is 2.23. The van der Waals surface area contributed by atoms with Gasteiger partial charge >= 0.3 is 0 Å². The van der Waals surface area contributed by atoms with Crippen molar-refractivity contribution in [3.63, 3.8) is 0 Å². The second kappa shape index (κ2) is 7.04. The highest BCUT2D eigenvalue weighted by atomic mass is 79.9. The second-order valence-electron chi connectivity index (χ2n) is 4.55. The molecule has 2 heterocycles. The van der Waals surface area contributed by atoms with E-state index in [0.717, 1.165) is 46.9 Å². The van der Waals surface area contributed by atoms with E-state index in [-0.39, 0.29) is 0 Å². The summed E-state index contributed by atoms with van der Waals surface area (Å²) in [4.78, 5) is 10.4. The standard InChI is InChI=1S/C14H19BrN4S/c1-4-5-12-18-13(16-3)9(2)14(19-12)17-7-11-6-10(15)8-20-11/h6,8H,4-5,7H2,1-3H3,(H2,16,17,18,19). The molecule has 2 aromatic heterocycles. The lowest BCUT2D eigenvalue weighted by Crippen LogP contribution is -2.09. The van der Waals surface area contributed by atoms with Crippen LogP contribution in [0, 0.1) is 6.92 Å². The van der Waals surface area contributed by atoms with E-state index in [4.69, 9.17) is 0 Å². The van der Waals surface area contributed by atoms with E-state index in [1.54, 1.807) is 11.3 Å². The first-order valence-electron chi connectivity index (χ1n) is 6.66. The van der Waals surface area contributed by atoms with Gasteiger partial charge in [-0.15, -0.1) is 11.3 Å². The lowest BCUT2D eigenvalue weighted by molar-refractivity contribution is 0.832. The minimum atomic E-state index is 0.781. The van der Waals surface area contributed by atoms with Crippen LogP contribution in [-0.2, 0) is 13.0 Å². The van der Waals surface area contributed by atoms with Gasteiger partial charge in [0.05, 0.1) is 6.54 Å². The number of nitrogens with zero attached hydrogens (tertiary/aromatic N) is 2. The lowest BCUT2D eigenvalue weighted by Gasteiger charge is -2.13. The molecule has 2 rings (SSSR count). The number of thiophene rings is 1. The fourth-order valence-electron chi connectivity index (χ4n) is 1.93. The number of anilines is 2. The molecule has 2 aromatic rings. The first-order valence-corrected chi connectivity index (χ1v) is 8.33. The molecule has 0 unspecified atom stereocenters. The summed E-state index contributed by atoms with van der Waals surface area (Å²) < 4.78 is 1.13. The van der Waals surface area contributed by atoms with Crippen LogP contribution in [0.25, 0.3) is 0 Å². The van der Waals surface area contributed by atoms with Crippen LogP contribution in [0.5, 0.6) is 0 Å². The Bertz CT molecular complexity index is 583. The summed E-state index contributed by atoms with van der Waals surface area (Å²) in [5, 5.41) is 8.64. The summed E-state index contributed by atoms with van der Waals surface area (Å²) in [5.74, 6) is 2.70. The van der Waals surface area contributed by atoms with Crippen LogP contribution in [-0.4, -0.2) is 17.0 Å². The Kier molecular flexibility index (Phi) is 5.37. The van der Waals surface area contributed by atoms with Crippen molar-refractivity contribution in [3.8, 4) is 0 Å². The number of halogens is 1. The first kappa shape index (κ1) is 15.3. The van der Waals surface area contributed by atoms with Crippen molar-refractivity contribution in [2.75, 3.05) is 17.7 Å². The molecule has 20 heavy (non-hydrogen) atoms. The molecular weight excluding hydrogens is 336 g/mol. The number of hydrogen-bond acceptors (Lipinski definition) is 5. The summed E-state index contributed by atoms with van der Waals surface area (Å²) in [6.45, 7) is 4.95. The third kappa shape index (κ3) is 3.70. The van der Waals surface area contributed by atoms with Crippen molar-refractivity contribution in [1.29, 1.82) is 0 Å². The molecule has 0 saturated carbocycles. The van der Waals surface area contributed by atoms with Gasteiger partial charge in [-0.2, -0.15) is 0 Å². The van der Waals surface area contributed by atoms with Crippen LogP contribution in [0.3, 0.4) is 0 Å². The van der Waals surface area contributed by atoms with Gasteiger partial charge < -0.3 is 10.6 Å². The second-order valence-corrected chi connectivity index (χ2v) is 6.46. The van der Waals surface area contributed by atoms with Crippen molar-refractivity contribution >= 4 is 38.9 Å². The Hall–Kier alpha value is -1.14. The Morgan fingerprint density at radius 2 is 2.05 bits per heavy atom. The highest BCUT2D eigenvalue weighted by Gasteiger charge is 2.10. The molecule has 4 nitrogen and oxygen atoms in total. The van der Waals surface area contributed by atoms with Crippen molar-refractivity contribution in [2.45, 2.75) is 33.2 Å². The molecule has 0 amide bonds. The lowest BCUT2D eigenvalue weighted by atomic mass is 10.2. The molecule has 0 aliphatic rings. The van der Waals surface area contributed by atoms with E-state index < -0.39 is 0 Å².